The summed E-state index contributed by atoms with van der Waals surface area (Å²) in [5.41, 5.74) is 4.54. The number of amidine groups is 2. The highest BCUT2D eigenvalue weighted by Gasteiger charge is 2.35. The third kappa shape index (κ3) is 3.31. The van der Waals surface area contributed by atoms with E-state index in [4.69, 9.17) is 5.41 Å². The van der Waals surface area contributed by atoms with Gasteiger partial charge in [-0.05, 0) is 42.8 Å². The molecule has 154 valence electrons. The molecule has 1 N–H and O–H groups in total. The Balaban J connectivity index is 1.62. The Kier molecular flexibility index (Phi) is 4.82. The summed E-state index contributed by atoms with van der Waals surface area (Å²) in [5.74, 6) is -0.319. The minimum Gasteiger partial charge on any atom is -0.340 e. The fourth-order valence-corrected chi connectivity index (χ4v) is 4.75. The number of carbonyl (C=O) groups is 1. The highest BCUT2D eigenvalue weighted by Crippen LogP contribution is 2.32. The van der Waals surface area contributed by atoms with Gasteiger partial charge in [-0.1, -0.05) is 55.5 Å². The molecule has 3 aromatic rings. The molecule has 2 aliphatic rings. The molecule has 0 aliphatic carbocycles. The van der Waals surface area contributed by atoms with Crippen LogP contribution >= 0.6 is 11.8 Å². The quantitative estimate of drug-likeness (QED) is 0.594. The third-order valence-corrected chi connectivity index (χ3v) is 6.60. The van der Waals surface area contributed by atoms with Gasteiger partial charge in [-0.3, -0.25) is 10.2 Å². The Morgan fingerprint density at radius 2 is 1.84 bits per heavy atom. The lowest BCUT2D eigenvalue weighted by atomic mass is 10.1. The molecule has 5 rings (SSSR count). The molecular formula is C24H21N5OS. The minimum atomic E-state index is -0.393. The van der Waals surface area contributed by atoms with E-state index in [9.17, 15) is 4.79 Å². The van der Waals surface area contributed by atoms with E-state index in [1.165, 1.54) is 22.3 Å². The normalized spacial score (nSPS) is 17.4. The molecular weight excluding hydrogens is 406 g/mol. The maximum absolute atomic E-state index is 12.8. The van der Waals surface area contributed by atoms with Gasteiger partial charge in [0.1, 0.15) is 5.04 Å². The molecule has 2 aliphatic heterocycles. The number of carbonyl (C=O) groups excluding carboxylic acids is 1. The lowest BCUT2D eigenvalue weighted by Gasteiger charge is -2.20. The van der Waals surface area contributed by atoms with Crippen LogP contribution in [0.2, 0.25) is 0 Å². The summed E-state index contributed by atoms with van der Waals surface area (Å²) < 4.78 is 2.25. The summed E-state index contributed by atoms with van der Waals surface area (Å²) in [7, 11) is 0. The van der Waals surface area contributed by atoms with Crippen LogP contribution in [-0.4, -0.2) is 31.5 Å². The Morgan fingerprint density at radius 3 is 2.61 bits per heavy atom. The average molecular weight is 428 g/mol. The van der Waals surface area contributed by atoms with E-state index in [1.807, 2.05) is 37.3 Å². The number of hydrazone groups is 1. The van der Waals surface area contributed by atoms with Crippen molar-refractivity contribution in [1.82, 2.24) is 9.58 Å². The first kappa shape index (κ1) is 19.5. The van der Waals surface area contributed by atoms with Gasteiger partial charge >= 0.3 is 0 Å². The van der Waals surface area contributed by atoms with E-state index in [2.05, 4.69) is 45.9 Å². The van der Waals surface area contributed by atoms with Crippen molar-refractivity contribution in [2.75, 3.05) is 0 Å². The number of thioether (sulfide) groups is 1. The number of hydrogen-bond acceptors (Lipinski definition) is 4. The van der Waals surface area contributed by atoms with Crippen molar-refractivity contribution in [1.29, 1.82) is 5.41 Å². The zero-order chi connectivity index (χ0) is 21.5. The average Bonchev–Trinajstić information content (AvgIpc) is 3.31. The van der Waals surface area contributed by atoms with Crippen molar-refractivity contribution in [3.63, 3.8) is 0 Å². The lowest BCUT2D eigenvalue weighted by molar-refractivity contribution is -0.114. The SMILES string of the molecule is CCC1=NN2C(=N)C(=Cc3c(C)n(Cc4ccccc4)c4ccccc34)C(=O)N=C2S1. The van der Waals surface area contributed by atoms with Gasteiger partial charge in [-0.2, -0.15) is 15.1 Å². The van der Waals surface area contributed by atoms with Crippen molar-refractivity contribution < 1.29 is 4.79 Å². The second kappa shape index (κ2) is 7.67. The predicted octanol–water partition coefficient (Wildman–Crippen LogP) is 5.03. The van der Waals surface area contributed by atoms with Gasteiger partial charge in [0.25, 0.3) is 5.91 Å². The van der Waals surface area contributed by atoms with E-state index in [1.54, 1.807) is 6.08 Å². The van der Waals surface area contributed by atoms with Gasteiger partial charge in [0.05, 0.1) is 5.57 Å². The minimum absolute atomic E-state index is 0.0743. The van der Waals surface area contributed by atoms with Gasteiger partial charge in [-0.15, -0.1) is 0 Å². The van der Waals surface area contributed by atoms with Crippen molar-refractivity contribution in [2.24, 2.45) is 10.1 Å². The summed E-state index contributed by atoms with van der Waals surface area (Å²) in [6.07, 6.45) is 2.54. The van der Waals surface area contributed by atoms with Crippen LogP contribution < -0.4 is 0 Å². The van der Waals surface area contributed by atoms with Crippen molar-refractivity contribution in [2.45, 2.75) is 26.8 Å². The Labute approximate surface area is 184 Å². The van der Waals surface area contributed by atoms with Gasteiger partial charge in [0.15, 0.2) is 5.84 Å². The molecule has 1 aromatic heterocycles. The molecule has 0 atom stereocenters. The van der Waals surface area contributed by atoms with E-state index < -0.39 is 5.91 Å². The van der Waals surface area contributed by atoms with Crippen LogP contribution in [0.4, 0.5) is 0 Å². The van der Waals surface area contributed by atoms with Crippen LogP contribution in [-0.2, 0) is 11.3 Å². The van der Waals surface area contributed by atoms with Crippen LogP contribution in [0.5, 0.6) is 0 Å². The molecule has 0 spiro atoms. The van der Waals surface area contributed by atoms with Crippen molar-refractivity contribution >= 4 is 50.7 Å². The van der Waals surface area contributed by atoms with E-state index >= 15 is 0 Å². The number of hydrogen-bond donors (Lipinski definition) is 1. The second-order valence-corrected chi connectivity index (χ2v) is 8.50. The molecule has 0 fully saturated rings. The highest BCUT2D eigenvalue weighted by atomic mass is 32.2. The highest BCUT2D eigenvalue weighted by molar-refractivity contribution is 8.26. The first-order valence-corrected chi connectivity index (χ1v) is 11.0. The van der Waals surface area contributed by atoms with Crippen LogP contribution in [0.3, 0.4) is 0 Å². The first-order chi connectivity index (χ1) is 15.1. The fourth-order valence-electron chi connectivity index (χ4n) is 3.93. The molecule has 6 nitrogen and oxygen atoms in total. The maximum atomic E-state index is 12.8. The number of amides is 1. The topological polar surface area (TPSA) is 73.8 Å². The van der Waals surface area contributed by atoms with E-state index in [0.717, 1.165) is 40.2 Å². The molecule has 0 unspecified atom stereocenters. The summed E-state index contributed by atoms with van der Waals surface area (Å²) in [5, 5.41) is 16.9. The van der Waals surface area contributed by atoms with Crippen LogP contribution in [0.15, 0.2) is 70.3 Å². The maximum Gasteiger partial charge on any atom is 0.283 e. The van der Waals surface area contributed by atoms with E-state index in [0.29, 0.717) is 5.17 Å². The number of aliphatic imine (C=N–C) groups is 1. The molecule has 0 radical (unpaired) electrons. The lowest BCUT2D eigenvalue weighted by Crippen LogP contribution is -2.35. The fraction of sp³-hybridized carbons (Fsp3) is 0.167. The summed E-state index contributed by atoms with van der Waals surface area (Å²) >= 11 is 1.35. The molecule has 7 heteroatoms. The third-order valence-electron chi connectivity index (χ3n) is 5.55. The molecule has 1 amide bonds. The number of rotatable bonds is 4. The van der Waals surface area contributed by atoms with Crippen LogP contribution in [0.25, 0.3) is 17.0 Å². The second-order valence-electron chi connectivity index (χ2n) is 7.46. The Hall–Kier alpha value is -3.45. The standard InChI is InChI=1S/C24H21N5OS/c1-3-21-27-29-22(25)19(23(30)26-24(29)31-21)13-18-15(2)28(14-16-9-5-4-6-10-16)20-12-8-7-11-17(18)20/h4-13,25H,3,14H2,1-2H3. The Bertz CT molecular complexity index is 1320. The molecule has 0 bridgehead atoms. The largest absolute Gasteiger partial charge is 0.340 e. The number of benzene rings is 2. The number of nitrogens with zero attached hydrogens (tertiary/aromatic N) is 4. The number of para-hydroxylation sites is 1. The van der Waals surface area contributed by atoms with E-state index in [-0.39, 0.29) is 11.4 Å². The van der Waals surface area contributed by atoms with Crippen LogP contribution in [0.1, 0.15) is 30.2 Å². The molecule has 0 saturated carbocycles. The molecule has 3 heterocycles. The van der Waals surface area contributed by atoms with Gasteiger partial charge in [-0.25, -0.2) is 0 Å². The summed E-state index contributed by atoms with van der Waals surface area (Å²) in [4.78, 5) is 17.0. The predicted molar refractivity (Wildman–Crippen MR) is 128 cm³/mol. The zero-order valence-electron chi connectivity index (χ0n) is 17.3. The van der Waals surface area contributed by atoms with Gasteiger partial charge in [0.2, 0.25) is 5.17 Å². The number of fused-ring (bicyclic) bond motifs is 2. The summed E-state index contributed by atoms with van der Waals surface area (Å²) in [6, 6.07) is 18.5. The monoisotopic (exact) mass is 427 g/mol. The van der Waals surface area contributed by atoms with Crippen LogP contribution in [0, 0.1) is 12.3 Å². The first-order valence-electron chi connectivity index (χ1n) is 10.2. The Morgan fingerprint density at radius 1 is 1.10 bits per heavy atom. The molecule has 0 saturated heterocycles. The number of nitrogens with one attached hydrogen (secondary N) is 1. The smallest absolute Gasteiger partial charge is 0.283 e. The van der Waals surface area contributed by atoms with Crippen molar-refractivity contribution in [3.8, 4) is 0 Å². The van der Waals surface area contributed by atoms with Gasteiger partial charge < -0.3 is 4.57 Å². The van der Waals surface area contributed by atoms with Crippen molar-refractivity contribution in [3.05, 3.63) is 77.0 Å². The zero-order valence-corrected chi connectivity index (χ0v) is 18.1. The molecule has 31 heavy (non-hydrogen) atoms. The number of aromatic nitrogens is 1. The van der Waals surface area contributed by atoms with Gasteiger partial charge in [0, 0.05) is 28.7 Å². The summed E-state index contributed by atoms with van der Waals surface area (Å²) in [6.45, 7) is 4.79. The molecule has 2 aromatic carbocycles.